The molecule has 24 heavy (non-hydrogen) atoms. The fraction of sp³-hybridized carbons (Fsp3) is 0.650. The number of carbonyl (C=O) groups excluding carboxylic acids is 1. The molecule has 1 aromatic rings. The predicted octanol–water partition coefficient (Wildman–Crippen LogP) is 2.81. The van der Waals surface area contributed by atoms with E-state index in [1.807, 2.05) is 18.2 Å². The molecule has 1 N–H and O–H groups in total. The van der Waals surface area contributed by atoms with Crippen molar-refractivity contribution in [2.24, 2.45) is 0 Å². The number of carbonyl (C=O) groups is 1. The number of hydrogen-bond donors (Lipinski definition) is 1. The van der Waals surface area contributed by atoms with Gasteiger partial charge >= 0.3 is 0 Å². The van der Waals surface area contributed by atoms with E-state index in [-0.39, 0.29) is 11.9 Å². The highest BCUT2D eigenvalue weighted by molar-refractivity contribution is 5.78. The van der Waals surface area contributed by atoms with E-state index in [4.69, 9.17) is 0 Å². The lowest BCUT2D eigenvalue weighted by atomic mass is 10.1. The van der Waals surface area contributed by atoms with E-state index in [1.165, 1.54) is 45.2 Å². The molecule has 2 saturated heterocycles. The minimum atomic E-state index is 0.0712. The zero-order valence-corrected chi connectivity index (χ0v) is 14.9. The van der Waals surface area contributed by atoms with E-state index in [0.717, 1.165) is 18.7 Å². The van der Waals surface area contributed by atoms with Crippen LogP contribution in [0.3, 0.4) is 0 Å². The van der Waals surface area contributed by atoms with Crippen molar-refractivity contribution in [2.75, 3.05) is 32.7 Å². The molecule has 0 radical (unpaired) electrons. The summed E-state index contributed by atoms with van der Waals surface area (Å²) in [5, 5.41) is 3.15. The number of rotatable bonds is 6. The summed E-state index contributed by atoms with van der Waals surface area (Å²) in [6.45, 7) is 7.27. The third kappa shape index (κ3) is 4.81. The van der Waals surface area contributed by atoms with Gasteiger partial charge in [0.05, 0.1) is 12.6 Å². The maximum Gasteiger partial charge on any atom is 0.234 e. The highest BCUT2D eigenvalue weighted by Crippen LogP contribution is 2.20. The van der Waals surface area contributed by atoms with E-state index in [2.05, 4.69) is 34.2 Å². The molecule has 0 bridgehead atoms. The van der Waals surface area contributed by atoms with Gasteiger partial charge in [-0.05, 0) is 57.8 Å². The van der Waals surface area contributed by atoms with Gasteiger partial charge in [0.1, 0.15) is 0 Å². The quantitative estimate of drug-likeness (QED) is 0.872. The second-order valence-electron chi connectivity index (χ2n) is 7.33. The maximum absolute atomic E-state index is 12.5. The molecule has 0 aromatic heterocycles. The van der Waals surface area contributed by atoms with Crippen molar-refractivity contribution in [2.45, 2.75) is 51.1 Å². The highest BCUT2D eigenvalue weighted by Gasteiger charge is 2.28. The molecule has 1 amide bonds. The Morgan fingerprint density at radius 3 is 2.62 bits per heavy atom. The summed E-state index contributed by atoms with van der Waals surface area (Å²) < 4.78 is 0. The molecule has 1 aromatic carbocycles. The van der Waals surface area contributed by atoms with E-state index in [0.29, 0.717) is 12.6 Å². The number of nitrogens with one attached hydrogen (secondary N) is 1. The van der Waals surface area contributed by atoms with E-state index < -0.39 is 0 Å². The molecule has 0 aliphatic carbocycles. The van der Waals surface area contributed by atoms with Crippen molar-refractivity contribution in [3.8, 4) is 0 Å². The molecule has 2 atom stereocenters. The normalized spacial score (nSPS) is 24.0. The van der Waals surface area contributed by atoms with E-state index in [1.54, 1.807) is 0 Å². The van der Waals surface area contributed by atoms with Gasteiger partial charge in [-0.3, -0.25) is 9.69 Å². The van der Waals surface area contributed by atoms with Crippen molar-refractivity contribution in [1.82, 2.24) is 15.1 Å². The number of likely N-dealkylation sites (tertiary alicyclic amines) is 2. The minimum Gasteiger partial charge on any atom is -0.348 e. The fourth-order valence-corrected chi connectivity index (χ4v) is 4.05. The fourth-order valence-electron chi connectivity index (χ4n) is 4.05. The Kier molecular flexibility index (Phi) is 6.27. The van der Waals surface area contributed by atoms with Crippen LogP contribution in [0.15, 0.2) is 30.3 Å². The zero-order chi connectivity index (χ0) is 16.8. The largest absolute Gasteiger partial charge is 0.348 e. The first-order chi connectivity index (χ1) is 11.7. The Balaban J connectivity index is 1.47. The van der Waals surface area contributed by atoms with Crippen LogP contribution in [0.25, 0.3) is 0 Å². The number of nitrogens with zero attached hydrogens (tertiary/aromatic N) is 2. The third-order valence-corrected chi connectivity index (χ3v) is 5.44. The Hall–Kier alpha value is -1.39. The predicted molar refractivity (Wildman–Crippen MR) is 97.9 cm³/mol. The topological polar surface area (TPSA) is 35.6 Å². The van der Waals surface area contributed by atoms with Crippen LogP contribution < -0.4 is 5.32 Å². The summed E-state index contributed by atoms with van der Waals surface area (Å²) >= 11 is 0. The average Bonchev–Trinajstić information content (AvgIpc) is 3.03. The van der Waals surface area contributed by atoms with Crippen LogP contribution in [0.2, 0.25) is 0 Å². The molecular weight excluding hydrogens is 298 g/mol. The van der Waals surface area contributed by atoms with Crippen LogP contribution in [0.4, 0.5) is 0 Å². The lowest BCUT2D eigenvalue weighted by Gasteiger charge is -2.32. The van der Waals surface area contributed by atoms with Gasteiger partial charge in [0, 0.05) is 12.6 Å². The molecule has 3 rings (SSSR count). The molecule has 0 saturated carbocycles. The number of piperidine rings is 1. The highest BCUT2D eigenvalue weighted by atomic mass is 16.2. The van der Waals surface area contributed by atoms with E-state index >= 15 is 0 Å². The molecule has 4 heteroatoms. The van der Waals surface area contributed by atoms with E-state index in [9.17, 15) is 4.79 Å². The molecule has 0 spiro atoms. The first-order valence-corrected chi connectivity index (χ1v) is 9.53. The van der Waals surface area contributed by atoms with Crippen LogP contribution in [0.5, 0.6) is 0 Å². The number of benzene rings is 1. The molecule has 2 heterocycles. The SMILES string of the molecule is C[C@H](NC(=O)CN1CCC[C@@H]1CN1CCCCC1)c1ccccc1. The van der Waals surface area contributed by atoms with Gasteiger partial charge in [-0.25, -0.2) is 0 Å². The van der Waals surface area contributed by atoms with Gasteiger partial charge in [-0.15, -0.1) is 0 Å². The number of hydrogen-bond acceptors (Lipinski definition) is 3. The van der Waals surface area contributed by atoms with Gasteiger partial charge < -0.3 is 10.2 Å². The van der Waals surface area contributed by atoms with Crippen LogP contribution >= 0.6 is 0 Å². The Morgan fingerprint density at radius 1 is 1.12 bits per heavy atom. The second-order valence-corrected chi connectivity index (χ2v) is 7.33. The Bertz CT molecular complexity index is 513. The van der Waals surface area contributed by atoms with Gasteiger partial charge in [-0.2, -0.15) is 0 Å². The number of amides is 1. The summed E-state index contributed by atoms with van der Waals surface area (Å²) in [6.07, 6.45) is 6.51. The Labute approximate surface area is 146 Å². The van der Waals surface area contributed by atoms with Crippen LogP contribution in [0.1, 0.15) is 50.6 Å². The van der Waals surface area contributed by atoms with Crippen molar-refractivity contribution >= 4 is 5.91 Å². The van der Waals surface area contributed by atoms with Gasteiger partial charge in [0.2, 0.25) is 5.91 Å². The standard InChI is InChI=1S/C20H31N3O/c1-17(18-9-4-2-5-10-18)21-20(24)16-23-14-8-11-19(23)15-22-12-6-3-7-13-22/h2,4-5,9-10,17,19H,3,6-8,11-16H2,1H3,(H,21,24)/t17-,19+/m0/s1. The Morgan fingerprint density at radius 2 is 1.88 bits per heavy atom. The molecule has 4 nitrogen and oxygen atoms in total. The molecule has 2 aliphatic heterocycles. The van der Waals surface area contributed by atoms with Gasteiger partial charge in [-0.1, -0.05) is 36.8 Å². The van der Waals surface area contributed by atoms with Gasteiger partial charge in [0.15, 0.2) is 0 Å². The molecule has 0 unspecified atom stereocenters. The lowest BCUT2D eigenvalue weighted by molar-refractivity contribution is -0.123. The van der Waals surface area contributed by atoms with Crippen molar-refractivity contribution in [3.05, 3.63) is 35.9 Å². The molecule has 132 valence electrons. The van der Waals surface area contributed by atoms with Crippen LogP contribution in [0, 0.1) is 0 Å². The minimum absolute atomic E-state index is 0.0712. The molecule has 2 fully saturated rings. The maximum atomic E-state index is 12.5. The first-order valence-electron chi connectivity index (χ1n) is 9.53. The third-order valence-electron chi connectivity index (χ3n) is 5.44. The summed E-state index contributed by atoms with van der Waals surface area (Å²) in [4.78, 5) is 17.4. The summed E-state index contributed by atoms with van der Waals surface area (Å²) in [5.74, 6) is 0.150. The average molecular weight is 329 g/mol. The van der Waals surface area contributed by atoms with Crippen LogP contribution in [-0.4, -0.2) is 54.5 Å². The summed E-state index contributed by atoms with van der Waals surface area (Å²) in [6, 6.07) is 10.8. The lowest BCUT2D eigenvalue weighted by Crippen LogP contribution is -2.46. The first kappa shape index (κ1) is 17.4. The summed E-state index contributed by atoms with van der Waals surface area (Å²) in [5.41, 5.74) is 1.16. The van der Waals surface area contributed by atoms with Crippen molar-refractivity contribution in [3.63, 3.8) is 0 Å². The molecular formula is C20H31N3O. The smallest absolute Gasteiger partial charge is 0.234 e. The molecule has 2 aliphatic rings. The van der Waals surface area contributed by atoms with Crippen LogP contribution in [-0.2, 0) is 4.79 Å². The monoisotopic (exact) mass is 329 g/mol. The van der Waals surface area contributed by atoms with Crippen molar-refractivity contribution < 1.29 is 4.79 Å². The summed E-state index contributed by atoms with van der Waals surface area (Å²) in [7, 11) is 0. The van der Waals surface area contributed by atoms with Gasteiger partial charge in [0.25, 0.3) is 0 Å². The zero-order valence-electron chi connectivity index (χ0n) is 14.9. The van der Waals surface area contributed by atoms with Crippen molar-refractivity contribution in [1.29, 1.82) is 0 Å². The second kappa shape index (κ2) is 8.63.